The molecule has 8 heteroatoms. The Morgan fingerprint density at radius 1 is 1.09 bits per heavy atom. The minimum atomic E-state index is -0.369. The van der Waals surface area contributed by atoms with Gasteiger partial charge in [0.05, 0.1) is 16.9 Å². The van der Waals surface area contributed by atoms with Crippen molar-refractivity contribution in [2.75, 3.05) is 31.1 Å². The molecule has 0 unspecified atom stereocenters. The quantitative estimate of drug-likeness (QED) is 0.420. The highest BCUT2D eigenvalue weighted by atomic mass is 16.6. The maximum absolute atomic E-state index is 13.4. The zero-order valence-electron chi connectivity index (χ0n) is 19.5. The topological polar surface area (TPSA) is 91.6 Å². The number of aromatic nitrogens is 1. The van der Waals surface area contributed by atoms with E-state index in [-0.39, 0.29) is 28.5 Å². The molecule has 1 amide bonds. The molecule has 2 aromatic carbocycles. The van der Waals surface area contributed by atoms with Crippen molar-refractivity contribution in [1.29, 1.82) is 0 Å². The molecule has 8 nitrogen and oxygen atoms in total. The number of nitrogens with one attached hydrogen (secondary N) is 1. The molecule has 2 aliphatic heterocycles. The number of pyridine rings is 1. The van der Waals surface area contributed by atoms with Crippen molar-refractivity contribution in [3.63, 3.8) is 0 Å². The number of nitro groups is 1. The first-order valence-electron chi connectivity index (χ1n) is 12.1. The first-order chi connectivity index (χ1) is 17.1. The molecule has 1 aromatic heterocycles. The van der Waals surface area contributed by atoms with E-state index in [0.717, 1.165) is 43.1 Å². The Labute approximate surface area is 204 Å². The Kier molecular flexibility index (Phi) is 6.72. The molecule has 0 radical (unpaired) electrons. The van der Waals surface area contributed by atoms with Gasteiger partial charge in [-0.2, -0.15) is 0 Å². The van der Waals surface area contributed by atoms with Gasteiger partial charge in [0.2, 0.25) is 5.91 Å². The zero-order chi connectivity index (χ0) is 24.2. The lowest BCUT2D eigenvalue weighted by molar-refractivity contribution is -0.384. The van der Waals surface area contributed by atoms with Gasteiger partial charge in [-0.3, -0.25) is 24.8 Å². The monoisotopic (exact) mass is 471 g/mol. The largest absolute Gasteiger partial charge is 0.365 e. The molecule has 1 N–H and O–H groups in total. The number of carbonyl (C=O) groups is 1. The summed E-state index contributed by atoms with van der Waals surface area (Å²) < 4.78 is 0. The van der Waals surface area contributed by atoms with Crippen LogP contribution in [0.25, 0.3) is 0 Å². The molecular formula is C27H29N5O3. The molecule has 0 spiro atoms. The van der Waals surface area contributed by atoms with E-state index in [9.17, 15) is 14.9 Å². The Morgan fingerprint density at radius 3 is 2.69 bits per heavy atom. The van der Waals surface area contributed by atoms with E-state index in [1.54, 1.807) is 18.3 Å². The molecular weight excluding hydrogens is 442 g/mol. The van der Waals surface area contributed by atoms with Crippen LogP contribution in [0, 0.1) is 16.0 Å². The second-order valence-corrected chi connectivity index (χ2v) is 9.22. The SMILES string of the molecule is O=C(NCCc1ccccn1)[C@@H]1Cc2cc([N+](=O)[O-])ccc2N2CCN(Cc3ccccc3)C[C@H]12. The highest BCUT2D eigenvalue weighted by Gasteiger charge is 2.41. The van der Waals surface area contributed by atoms with Crippen LogP contribution < -0.4 is 10.2 Å². The van der Waals surface area contributed by atoms with Crippen LogP contribution in [0.15, 0.2) is 72.9 Å². The van der Waals surface area contributed by atoms with E-state index in [4.69, 9.17) is 0 Å². The Bertz CT molecular complexity index is 1190. The third-order valence-electron chi connectivity index (χ3n) is 6.98. The van der Waals surface area contributed by atoms with Crippen molar-refractivity contribution in [3.8, 4) is 0 Å². The second kappa shape index (κ2) is 10.2. The molecule has 3 heterocycles. The summed E-state index contributed by atoms with van der Waals surface area (Å²) in [6.07, 6.45) is 2.91. The Balaban J connectivity index is 1.35. The number of nitrogens with zero attached hydrogens (tertiary/aromatic N) is 4. The number of hydrogen-bond donors (Lipinski definition) is 1. The minimum Gasteiger partial charge on any atom is -0.365 e. The minimum absolute atomic E-state index is 0.00496. The summed E-state index contributed by atoms with van der Waals surface area (Å²) in [4.78, 5) is 33.5. The fraction of sp³-hybridized carbons (Fsp3) is 0.333. The summed E-state index contributed by atoms with van der Waals surface area (Å²) in [6, 6.07) is 21.2. The van der Waals surface area contributed by atoms with Gasteiger partial charge in [-0.05, 0) is 35.7 Å². The maximum atomic E-state index is 13.4. The van der Waals surface area contributed by atoms with E-state index in [2.05, 4.69) is 32.2 Å². The summed E-state index contributed by atoms with van der Waals surface area (Å²) in [5.74, 6) is -0.290. The smallest absolute Gasteiger partial charge is 0.269 e. The lowest BCUT2D eigenvalue weighted by atomic mass is 9.83. The van der Waals surface area contributed by atoms with Gasteiger partial charge in [0.15, 0.2) is 0 Å². The molecule has 2 atom stereocenters. The molecule has 2 aliphatic rings. The van der Waals surface area contributed by atoms with Gasteiger partial charge in [0.25, 0.3) is 5.69 Å². The van der Waals surface area contributed by atoms with Crippen LogP contribution >= 0.6 is 0 Å². The van der Waals surface area contributed by atoms with Gasteiger partial charge in [-0.15, -0.1) is 0 Å². The number of benzene rings is 2. The fourth-order valence-electron chi connectivity index (χ4n) is 5.26. The number of amides is 1. The third kappa shape index (κ3) is 5.17. The van der Waals surface area contributed by atoms with E-state index in [0.29, 0.717) is 19.4 Å². The lowest BCUT2D eigenvalue weighted by Crippen LogP contribution is -2.61. The van der Waals surface area contributed by atoms with Crippen molar-refractivity contribution < 1.29 is 9.72 Å². The third-order valence-corrected chi connectivity index (χ3v) is 6.98. The van der Waals surface area contributed by atoms with E-state index < -0.39 is 0 Å². The van der Waals surface area contributed by atoms with Crippen LogP contribution in [0.1, 0.15) is 16.8 Å². The Morgan fingerprint density at radius 2 is 1.91 bits per heavy atom. The predicted molar refractivity (Wildman–Crippen MR) is 134 cm³/mol. The maximum Gasteiger partial charge on any atom is 0.269 e. The van der Waals surface area contributed by atoms with Crippen LogP contribution in [0.2, 0.25) is 0 Å². The van der Waals surface area contributed by atoms with E-state index >= 15 is 0 Å². The number of nitro benzene ring substituents is 1. The van der Waals surface area contributed by atoms with Crippen molar-refractivity contribution in [2.24, 2.45) is 5.92 Å². The van der Waals surface area contributed by atoms with Gasteiger partial charge in [-0.1, -0.05) is 36.4 Å². The first-order valence-corrected chi connectivity index (χ1v) is 12.1. The zero-order valence-corrected chi connectivity index (χ0v) is 19.5. The van der Waals surface area contributed by atoms with Crippen LogP contribution in [0.4, 0.5) is 11.4 Å². The summed E-state index contributed by atoms with van der Waals surface area (Å²) in [6.45, 7) is 3.76. The summed E-state index contributed by atoms with van der Waals surface area (Å²) >= 11 is 0. The summed E-state index contributed by atoms with van der Waals surface area (Å²) in [5, 5.41) is 14.5. The van der Waals surface area contributed by atoms with Gasteiger partial charge < -0.3 is 10.2 Å². The molecule has 3 aromatic rings. The lowest BCUT2D eigenvalue weighted by Gasteiger charge is -2.49. The van der Waals surface area contributed by atoms with Gasteiger partial charge in [0, 0.05) is 68.9 Å². The highest BCUT2D eigenvalue weighted by Crippen LogP contribution is 2.38. The summed E-state index contributed by atoms with van der Waals surface area (Å²) in [7, 11) is 0. The van der Waals surface area contributed by atoms with Crippen molar-refractivity contribution >= 4 is 17.3 Å². The standard InChI is InChI=1S/C27H29N5O3/c33-27(29-13-11-22-8-4-5-12-28-22)24-17-21-16-23(32(34)35)9-10-25(21)31-15-14-30(19-26(24)31)18-20-6-2-1-3-7-20/h1-10,12,16,24,26H,11,13-15,17-19H2,(H,29,33)/t24-,26-/m1/s1. The van der Waals surface area contributed by atoms with Crippen LogP contribution in [-0.4, -0.2) is 52.9 Å². The average molecular weight is 472 g/mol. The number of piperazine rings is 1. The molecule has 0 saturated carbocycles. The molecule has 180 valence electrons. The Hall–Kier alpha value is -3.78. The van der Waals surface area contributed by atoms with Crippen molar-refractivity contribution in [3.05, 3.63) is 99.9 Å². The summed E-state index contributed by atoms with van der Waals surface area (Å²) in [5.41, 5.74) is 4.14. The van der Waals surface area contributed by atoms with Crippen LogP contribution in [0.5, 0.6) is 0 Å². The molecule has 0 bridgehead atoms. The van der Waals surface area contributed by atoms with E-state index in [1.807, 2.05) is 42.5 Å². The van der Waals surface area contributed by atoms with Crippen LogP contribution in [0.3, 0.4) is 0 Å². The second-order valence-electron chi connectivity index (χ2n) is 9.22. The fourth-order valence-corrected chi connectivity index (χ4v) is 5.26. The van der Waals surface area contributed by atoms with Crippen LogP contribution in [-0.2, 0) is 24.2 Å². The number of carbonyl (C=O) groups excluding carboxylic acids is 1. The number of non-ortho nitro benzene ring substituents is 1. The van der Waals surface area contributed by atoms with Crippen molar-refractivity contribution in [2.45, 2.75) is 25.4 Å². The highest BCUT2D eigenvalue weighted by molar-refractivity contribution is 5.82. The normalized spacial score (nSPS) is 19.5. The first kappa shape index (κ1) is 23.0. The van der Waals surface area contributed by atoms with E-state index in [1.165, 1.54) is 5.56 Å². The molecule has 35 heavy (non-hydrogen) atoms. The van der Waals surface area contributed by atoms with Crippen molar-refractivity contribution in [1.82, 2.24) is 15.2 Å². The number of anilines is 1. The van der Waals surface area contributed by atoms with Gasteiger partial charge >= 0.3 is 0 Å². The molecule has 1 saturated heterocycles. The average Bonchev–Trinajstić information content (AvgIpc) is 2.89. The predicted octanol–water partition coefficient (Wildman–Crippen LogP) is 3.21. The molecule has 0 aliphatic carbocycles. The number of hydrogen-bond acceptors (Lipinski definition) is 6. The molecule has 5 rings (SSSR count). The van der Waals surface area contributed by atoms with Gasteiger partial charge in [-0.25, -0.2) is 0 Å². The number of fused-ring (bicyclic) bond motifs is 3. The van der Waals surface area contributed by atoms with Gasteiger partial charge in [0.1, 0.15) is 0 Å². The molecule has 1 fully saturated rings. The number of rotatable bonds is 7.